The Morgan fingerprint density at radius 2 is 1.45 bits per heavy atom. The van der Waals surface area contributed by atoms with E-state index in [0.29, 0.717) is 0 Å². The maximum Gasteiger partial charge on any atom is 0.328 e. The normalized spacial score (nSPS) is 13.5. The molecule has 0 aliphatic rings. The number of carbonyl (C=O) groups is 1. The van der Waals surface area contributed by atoms with Crippen LogP contribution in [0.3, 0.4) is 0 Å². The molecule has 3 nitrogen and oxygen atoms in total. The van der Waals surface area contributed by atoms with E-state index in [1.165, 1.54) is 15.9 Å². The Bertz CT molecular complexity index is 917. The molecular formula is C25H26NO2P. The number of nitrogens with zero attached hydrogens (tertiary/aromatic N) is 1. The van der Waals surface area contributed by atoms with E-state index in [4.69, 9.17) is 0 Å². The minimum absolute atomic E-state index is 0.0133. The molecule has 0 amide bonds. The second kappa shape index (κ2) is 10.1. The zero-order valence-electron chi connectivity index (χ0n) is 16.8. The van der Waals surface area contributed by atoms with Crippen molar-refractivity contribution < 1.29 is 9.90 Å². The molecule has 0 spiro atoms. The molecule has 0 saturated carbocycles. The Labute approximate surface area is 173 Å². The van der Waals surface area contributed by atoms with E-state index in [0.717, 1.165) is 12.0 Å². The molecule has 0 fully saturated rings. The minimum Gasteiger partial charge on any atom is -0.480 e. The van der Waals surface area contributed by atoms with E-state index in [1.807, 2.05) is 44.2 Å². The van der Waals surface area contributed by atoms with E-state index in [1.54, 1.807) is 6.21 Å². The summed E-state index contributed by atoms with van der Waals surface area (Å²) in [4.78, 5) is 16.2. The molecule has 29 heavy (non-hydrogen) atoms. The average Bonchev–Trinajstić information content (AvgIpc) is 2.76. The number of hydrogen-bond donors (Lipinski definition) is 1. The summed E-state index contributed by atoms with van der Waals surface area (Å²) >= 11 is 0. The van der Waals surface area contributed by atoms with Gasteiger partial charge in [0.1, 0.15) is 6.04 Å². The first kappa shape index (κ1) is 21.0. The Morgan fingerprint density at radius 1 is 0.931 bits per heavy atom. The third-order valence-corrected chi connectivity index (χ3v) is 7.53. The van der Waals surface area contributed by atoms with E-state index < -0.39 is 19.9 Å². The van der Waals surface area contributed by atoms with Crippen LogP contribution in [0, 0.1) is 5.92 Å². The second-order valence-corrected chi connectivity index (χ2v) is 9.20. The lowest BCUT2D eigenvalue weighted by molar-refractivity contribution is -0.139. The molecule has 3 rings (SSSR count). The van der Waals surface area contributed by atoms with Gasteiger partial charge in [-0.15, -0.1) is 0 Å². The molecule has 3 aromatic rings. The minimum atomic E-state index is -0.874. The molecule has 0 heterocycles. The van der Waals surface area contributed by atoms with Gasteiger partial charge < -0.3 is 5.11 Å². The molecule has 148 valence electrons. The highest BCUT2D eigenvalue weighted by atomic mass is 31.1. The van der Waals surface area contributed by atoms with Crippen LogP contribution in [0.1, 0.15) is 25.8 Å². The molecule has 0 aliphatic carbocycles. The van der Waals surface area contributed by atoms with Crippen LogP contribution in [-0.4, -0.2) is 23.3 Å². The van der Waals surface area contributed by atoms with Crippen molar-refractivity contribution in [1.29, 1.82) is 0 Å². The van der Waals surface area contributed by atoms with Gasteiger partial charge in [0.05, 0.1) is 0 Å². The Morgan fingerprint density at radius 3 is 1.97 bits per heavy atom. The Hall–Kier alpha value is -2.77. The predicted molar refractivity (Wildman–Crippen MR) is 124 cm³/mol. The largest absolute Gasteiger partial charge is 0.480 e. The van der Waals surface area contributed by atoms with Crippen molar-refractivity contribution in [3.8, 4) is 0 Å². The van der Waals surface area contributed by atoms with Gasteiger partial charge in [0.25, 0.3) is 0 Å². The van der Waals surface area contributed by atoms with E-state index in [2.05, 4.69) is 59.6 Å². The number of rotatable bonds is 8. The monoisotopic (exact) mass is 403 g/mol. The molecule has 4 heteroatoms. The molecular weight excluding hydrogens is 377 g/mol. The summed E-state index contributed by atoms with van der Waals surface area (Å²) < 4.78 is 0. The zero-order chi connectivity index (χ0) is 20.6. The summed E-state index contributed by atoms with van der Waals surface area (Å²) in [6, 6.07) is 28.4. The first-order valence-electron chi connectivity index (χ1n) is 9.87. The SMILES string of the molecule is CC[C@H](C)[C@H](N=Cc1ccccc1P(c1ccccc1)c1ccccc1)C(=O)O. The third kappa shape index (κ3) is 5.19. The van der Waals surface area contributed by atoms with Gasteiger partial charge in [-0.3, -0.25) is 4.99 Å². The molecule has 0 bridgehead atoms. The summed E-state index contributed by atoms with van der Waals surface area (Å²) in [6.45, 7) is 3.93. The van der Waals surface area contributed by atoms with Gasteiger partial charge in [-0.1, -0.05) is 105 Å². The first-order chi connectivity index (χ1) is 14.1. The molecule has 1 N–H and O–H groups in total. The maximum absolute atomic E-state index is 11.7. The van der Waals surface area contributed by atoms with Gasteiger partial charge in [0.2, 0.25) is 0 Å². The lowest BCUT2D eigenvalue weighted by Gasteiger charge is -2.21. The van der Waals surface area contributed by atoms with Crippen LogP contribution in [0.15, 0.2) is 89.9 Å². The van der Waals surface area contributed by atoms with Crippen LogP contribution in [0.2, 0.25) is 0 Å². The van der Waals surface area contributed by atoms with E-state index >= 15 is 0 Å². The fourth-order valence-electron chi connectivity index (χ4n) is 3.22. The average molecular weight is 403 g/mol. The van der Waals surface area contributed by atoms with Gasteiger partial charge in [0.15, 0.2) is 0 Å². The van der Waals surface area contributed by atoms with Crippen molar-refractivity contribution in [2.75, 3.05) is 0 Å². The number of carboxylic acid groups (broad SMARTS) is 1. The maximum atomic E-state index is 11.7. The fraction of sp³-hybridized carbons (Fsp3) is 0.200. The molecule has 0 radical (unpaired) electrons. The van der Waals surface area contributed by atoms with Crippen LogP contribution < -0.4 is 15.9 Å². The fourth-order valence-corrected chi connectivity index (χ4v) is 5.64. The summed E-state index contributed by atoms with van der Waals surface area (Å²) in [6.07, 6.45) is 2.53. The molecule has 2 atom stereocenters. The Balaban J connectivity index is 2.07. The van der Waals surface area contributed by atoms with Gasteiger partial charge in [-0.2, -0.15) is 0 Å². The quantitative estimate of drug-likeness (QED) is 0.449. The van der Waals surface area contributed by atoms with Crippen LogP contribution >= 0.6 is 7.92 Å². The van der Waals surface area contributed by atoms with Crippen LogP contribution in [-0.2, 0) is 4.79 Å². The van der Waals surface area contributed by atoms with Crippen molar-refractivity contribution >= 4 is 36.0 Å². The first-order valence-corrected chi connectivity index (χ1v) is 11.2. The number of aliphatic imine (C=N–C) groups is 1. The number of carboxylic acids is 1. The van der Waals surface area contributed by atoms with Crippen LogP contribution in [0.4, 0.5) is 0 Å². The molecule has 0 aliphatic heterocycles. The van der Waals surface area contributed by atoms with Crippen molar-refractivity contribution in [2.24, 2.45) is 10.9 Å². The van der Waals surface area contributed by atoms with E-state index in [9.17, 15) is 9.90 Å². The van der Waals surface area contributed by atoms with Crippen molar-refractivity contribution in [2.45, 2.75) is 26.3 Å². The highest BCUT2D eigenvalue weighted by molar-refractivity contribution is 7.80. The highest BCUT2D eigenvalue weighted by Crippen LogP contribution is 2.33. The van der Waals surface area contributed by atoms with Gasteiger partial charge >= 0.3 is 5.97 Å². The topological polar surface area (TPSA) is 49.7 Å². The van der Waals surface area contributed by atoms with Gasteiger partial charge in [-0.25, -0.2) is 4.79 Å². The molecule has 0 unspecified atom stereocenters. The lowest BCUT2D eigenvalue weighted by atomic mass is 10.00. The Kier molecular flexibility index (Phi) is 7.32. The van der Waals surface area contributed by atoms with Crippen molar-refractivity contribution in [1.82, 2.24) is 0 Å². The lowest BCUT2D eigenvalue weighted by Crippen LogP contribution is -2.27. The van der Waals surface area contributed by atoms with Gasteiger partial charge in [-0.05, 0) is 29.8 Å². The van der Waals surface area contributed by atoms with Crippen molar-refractivity contribution in [3.63, 3.8) is 0 Å². The summed E-state index contributed by atoms with van der Waals surface area (Å²) in [5, 5.41) is 13.3. The summed E-state index contributed by atoms with van der Waals surface area (Å²) in [5.41, 5.74) is 0.973. The number of benzene rings is 3. The smallest absolute Gasteiger partial charge is 0.328 e. The highest BCUT2D eigenvalue weighted by Gasteiger charge is 2.23. The van der Waals surface area contributed by atoms with Crippen LogP contribution in [0.5, 0.6) is 0 Å². The number of hydrogen-bond acceptors (Lipinski definition) is 2. The summed E-state index contributed by atoms with van der Waals surface area (Å²) in [5.74, 6) is -0.887. The second-order valence-electron chi connectivity index (χ2n) is 7.01. The molecule has 3 aromatic carbocycles. The zero-order valence-corrected chi connectivity index (χ0v) is 17.7. The van der Waals surface area contributed by atoms with Gasteiger partial charge in [0, 0.05) is 11.8 Å². The molecule has 0 saturated heterocycles. The summed E-state index contributed by atoms with van der Waals surface area (Å²) in [7, 11) is -0.771. The predicted octanol–water partition coefficient (Wildman–Crippen LogP) is 4.36. The number of aliphatic carboxylic acids is 1. The van der Waals surface area contributed by atoms with Crippen molar-refractivity contribution in [3.05, 3.63) is 90.5 Å². The third-order valence-electron chi connectivity index (χ3n) is 5.02. The molecule has 0 aromatic heterocycles. The van der Waals surface area contributed by atoms with Crippen LogP contribution in [0.25, 0.3) is 0 Å². The van der Waals surface area contributed by atoms with E-state index in [-0.39, 0.29) is 5.92 Å². The standard InChI is InChI=1S/C25H26NO2P/c1-3-19(2)24(25(27)28)26-18-20-12-10-11-17-23(20)29(21-13-6-4-7-14-21)22-15-8-5-9-16-22/h4-19,24H,3H2,1-2H3,(H,27,28)/t19-,24-/m0/s1.